The molecule has 5 nitrogen and oxygen atoms in total. The number of carbonyl (C=O) groups excluding carboxylic acids is 1. The highest BCUT2D eigenvalue weighted by Gasteiger charge is 2.21. The van der Waals surface area contributed by atoms with Crippen LogP contribution in [0, 0.1) is 11.3 Å². The second-order valence-corrected chi connectivity index (χ2v) is 6.64. The van der Waals surface area contributed by atoms with E-state index in [1.54, 1.807) is 23.9 Å². The number of nitrogens with one attached hydrogen (secondary N) is 1. The van der Waals surface area contributed by atoms with Crippen LogP contribution >= 0.6 is 0 Å². The van der Waals surface area contributed by atoms with E-state index >= 15 is 0 Å². The third kappa shape index (κ3) is 4.28. The summed E-state index contributed by atoms with van der Waals surface area (Å²) in [6, 6.07) is 14.4. The molecule has 2 aromatic rings. The monoisotopic (exact) mass is 336 g/mol. The summed E-state index contributed by atoms with van der Waals surface area (Å²) in [6.07, 6.45) is 4.09. The van der Waals surface area contributed by atoms with Crippen molar-refractivity contribution in [2.45, 2.75) is 18.8 Å². The van der Waals surface area contributed by atoms with Gasteiger partial charge in [-0.1, -0.05) is 30.3 Å². The summed E-state index contributed by atoms with van der Waals surface area (Å²) in [7, 11) is 1.78. The normalized spacial score (nSPS) is 17.8. The SMILES string of the molecule is Cn1cc(C#N)cc1C(=O)NCCN1CCC[C@@H](c2ccccc2)C1. The molecule has 1 aromatic carbocycles. The molecule has 1 fully saturated rings. The fraction of sp³-hybridized carbons (Fsp3) is 0.400. The largest absolute Gasteiger partial charge is 0.349 e. The minimum atomic E-state index is -0.124. The number of hydrogen-bond acceptors (Lipinski definition) is 3. The van der Waals surface area contributed by atoms with Gasteiger partial charge >= 0.3 is 0 Å². The molecule has 2 heterocycles. The molecule has 130 valence electrons. The van der Waals surface area contributed by atoms with Crippen LogP contribution in [0.1, 0.15) is 40.4 Å². The van der Waals surface area contributed by atoms with Gasteiger partial charge in [-0.05, 0) is 36.9 Å². The van der Waals surface area contributed by atoms with Gasteiger partial charge in [0.1, 0.15) is 11.8 Å². The zero-order valence-electron chi connectivity index (χ0n) is 14.6. The molecule has 3 rings (SSSR count). The molecule has 0 aliphatic carbocycles. The molecular formula is C20H24N4O. The van der Waals surface area contributed by atoms with E-state index in [0.717, 1.165) is 19.6 Å². The third-order valence-corrected chi connectivity index (χ3v) is 4.86. The van der Waals surface area contributed by atoms with Crippen LogP contribution in [0.3, 0.4) is 0 Å². The lowest BCUT2D eigenvalue weighted by atomic mass is 9.91. The molecule has 0 bridgehead atoms. The van der Waals surface area contributed by atoms with Crippen molar-refractivity contribution in [1.29, 1.82) is 5.26 Å². The van der Waals surface area contributed by atoms with Crippen LogP contribution in [0.4, 0.5) is 0 Å². The van der Waals surface area contributed by atoms with Crippen LogP contribution in [-0.4, -0.2) is 41.6 Å². The summed E-state index contributed by atoms with van der Waals surface area (Å²) >= 11 is 0. The number of hydrogen-bond donors (Lipinski definition) is 1. The third-order valence-electron chi connectivity index (χ3n) is 4.86. The summed E-state index contributed by atoms with van der Waals surface area (Å²) in [4.78, 5) is 14.7. The lowest BCUT2D eigenvalue weighted by Crippen LogP contribution is -2.40. The Labute approximate surface area is 148 Å². The maximum absolute atomic E-state index is 12.3. The van der Waals surface area contributed by atoms with Crippen LogP contribution in [0.25, 0.3) is 0 Å². The predicted octanol–water partition coefficient (Wildman–Crippen LogP) is 2.51. The Kier molecular flexibility index (Phi) is 5.52. The topological polar surface area (TPSA) is 61.1 Å². The minimum Gasteiger partial charge on any atom is -0.349 e. The number of carbonyl (C=O) groups is 1. The number of benzene rings is 1. The molecule has 1 aromatic heterocycles. The standard InChI is InChI=1S/C20H24N4O/c1-23-14-16(13-21)12-19(23)20(25)22-9-11-24-10-5-8-18(15-24)17-6-3-2-4-7-17/h2-4,6-7,12,14,18H,5,8-11,15H2,1H3,(H,22,25)/t18-/m1/s1. The number of likely N-dealkylation sites (tertiary alicyclic amines) is 1. The van der Waals surface area contributed by atoms with E-state index in [0.29, 0.717) is 23.7 Å². The van der Waals surface area contributed by atoms with Crippen molar-refractivity contribution in [2.75, 3.05) is 26.2 Å². The number of amides is 1. The van der Waals surface area contributed by atoms with Gasteiger partial charge < -0.3 is 14.8 Å². The lowest BCUT2D eigenvalue weighted by Gasteiger charge is -2.33. The van der Waals surface area contributed by atoms with E-state index < -0.39 is 0 Å². The summed E-state index contributed by atoms with van der Waals surface area (Å²) in [5, 5.41) is 11.9. The van der Waals surface area contributed by atoms with Gasteiger partial charge in [0.2, 0.25) is 0 Å². The predicted molar refractivity (Wildman–Crippen MR) is 97.3 cm³/mol. The van der Waals surface area contributed by atoms with E-state index in [2.05, 4.69) is 46.6 Å². The Morgan fingerprint density at radius 2 is 2.16 bits per heavy atom. The molecule has 1 amide bonds. The van der Waals surface area contributed by atoms with Crippen LogP contribution in [0.15, 0.2) is 42.6 Å². The number of nitriles is 1. The Morgan fingerprint density at radius 3 is 2.88 bits per heavy atom. The van der Waals surface area contributed by atoms with Crippen molar-refractivity contribution in [2.24, 2.45) is 7.05 Å². The van der Waals surface area contributed by atoms with Gasteiger partial charge in [-0.15, -0.1) is 0 Å². The molecule has 1 aliphatic rings. The maximum atomic E-state index is 12.3. The first-order valence-corrected chi connectivity index (χ1v) is 8.79. The summed E-state index contributed by atoms with van der Waals surface area (Å²) in [6.45, 7) is 3.60. The molecule has 1 aliphatic heterocycles. The zero-order chi connectivity index (χ0) is 17.6. The highest BCUT2D eigenvalue weighted by atomic mass is 16.1. The first kappa shape index (κ1) is 17.2. The Morgan fingerprint density at radius 1 is 1.36 bits per heavy atom. The highest BCUT2D eigenvalue weighted by Crippen LogP contribution is 2.26. The van der Waals surface area contributed by atoms with E-state index in [1.165, 1.54) is 18.4 Å². The van der Waals surface area contributed by atoms with Crippen LogP contribution in [-0.2, 0) is 7.05 Å². The Balaban J connectivity index is 1.49. The summed E-state index contributed by atoms with van der Waals surface area (Å²) in [5.41, 5.74) is 2.44. The Bertz CT molecular complexity index is 760. The minimum absolute atomic E-state index is 0.124. The first-order chi connectivity index (χ1) is 12.2. The van der Waals surface area contributed by atoms with Gasteiger partial charge in [-0.2, -0.15) is 5.26 Å². The van der Waals surface area contributed by atoms with Crippen molar-refractivity contribution < 1.29 is 4.79 Å². The van der Waals surface area contributed by atoms with E-state index in [9.17, 15) is 4.79 Å². The number of nitrogens with zero attached hydrogens (tertiary/aromatic N) is 3. The number of piperidine rings is 1. The van der Waals surface area contributed by atoms with Gasteiger partial charge in [-0.25, -0.2) is 0 Å². The van der Waals surface area contributed by atoms with E-state index in [-0.39, 0.29) is 5.91 Å². The summed E-state index contributed by atoms with van der Waals surface area (Å²) < 4.78 is 1.69. The van der Waals surface area contributed by atoms with E-state index in [1.807, 2.05) is 0 Å². The van der Waals surface area contributed by atoms with Gasteiger partial charge in [0, 0.05) is 32.9 Å². The van der Waals surface area contributed by atoms with Crippen LogP contribution < -0.4 is 5.32 Å². The number of aromatic nitrogens is 1. The smallest absolute Gasteiger partial charge is 0.267 e. The average Bonchev–Trinajstić information content (AvgIpc) is 3.04. The second-order valence-electron chi connectivity index (χ2n) is 6.64. The summed E-state index contributed by atoms with van der Waals surface area (Å²) in [5.74, 6) is 0.456. The van der Waals surface area contributed by atoms with Gasteiger partial charge in [0.25, 0.3) is 5.91 Å². The first-order valence-electron chi connectivity index (χ1n) is 8.79. The molecule has 25 heavy (non-hydrogen) atoms. The maximum Gasteiger partial charge on any atom is 0.267 e. The van der Waals surface area contributed by atoms with Gasteiger partial charge in [0.05, 0.1) is 5.56 Å². The quantitative estimate of drug-likeness (QED) is 0.912. The Hall–Kier alpha value is -2.58. The van der Waals surface area contributed by atoms with Gasteiger partial charge in [-0.3, -0.25) is 4.79 Å². The number of aryl methyl sites for hydroxylation is 1. The molecule has 0 spiro atoms. The molecular weight excluding hydrogens is 312 g/mol. The zero-order valence-corrected chi connectivity index (χ0v) is 14.6. The molecule has 0 unspecified atom stereocenters. The van der Waals surface area contributed by atoms with Crippen molar-refractivity contribution in [3.8, 4) is 6.07 Å². The van der Waals surface area contributed by atoms with Crippen molar-refractivity contribution in [3.05, 3.63) is 59.4 Å². The molecule has 1 atom stereocenters. The highest BCUT2D eigenvalue weighted by molar-refractivity contribution is 5.93. The molecule has 0 saturated carbocycles. The van der Waals surface area contributed by atoms with Crippen LogP contribution in [0.5, 0.6) is 0 Å². The fourth-order valence-electron chi connectivity index (χ4n) is 3.53. The molecule has 1 saturated heterocycles. The van der Waals surface area contributed by atoms with Gasteiger partial charge in [0.15, 0.2) is 0 Å². The fourth-order valence-corrected chi connectivity index (χ4v) is 3.53. The van der Waals surface area contributed by atoms with Crippen molar-refractivity contribution in [1.82, 2.24) is 14.8 Å². The molecule has 1 N–H and O–H groups in total. The molecule has 0 radical (unpaired) electrons. The van der Waals surface area contributed by atoms with Crippen LogP contribution in [0.2, 0.25) is 0 Å². The lowest BCUT2D eigenvalue weighted by molar-refractivity contribution is 0.0937. The average molecular weight is 336 g/mol. The van der Waals surface area contributed by atoms with Crippen molar-refractivity contribution in [3.63, 3.8) is 0 Å². The van der Waals surface area contributed by atoms with E-state index in [4.69, 9.17) is 5.26 Å². The molecule has 5 heteroatoms. The second kappa shape index (κ2) is 8.00. The number of rotatable bonds is 5. The van der Waals surface area contributed by atoms with Crippen molar-refractivity contribution >= 4 is 5.91 Å².